The van der Waals surface area contributed by atoms with E-state index in [-0.39, 0.29) is 11.2 Å². The van der Waals surface area contributed by atoms with Crippen molar-refractivity contribution in [2.75, 3.05) is 32.7 Å². The van der Waals surface area contributed by atoms with Gasteiger partial charge in [-0.3, -0.25) is 4.90 Å². The number of nitrogens with one attached hydrogen (secondary N) is 1. The van der Waals surface area contributed by atoms with E-state index in [0.29, 0.717) is 0 Å². The van der Waals surface area contributed by atoms with Crippen molar-refractivity contribution in [3.8, 4) is 0 Å². The normalized spacial score (nSPS) is 31.2. The van der Waals surface area contributed by atoms with Gasteiger partial charge in [-0.2, -0.15) is 0 Å². The Hall–Kier alpha value is -0.120. The lowest BCUT2D eigenvalue weighted by molar-refractivity contribution is -0.182. The maximum absolute atomic E-state index is 6.07. The van der Waals surface area contributed by atoms with Crippen molar-refractivity contribution >= 4 is 0 Å². The van der Waals surface area contributed by atoms with Gasteiger partial charge in [-0.1, -0.05) is 0 Å². The molecule has 0 aromatic carbocycles. The van der Waals surface area contributed by atoms with Crippen LogP contribution in [0.3, 0.4) is 0 Å². The third-order valence-electron chi connectivity index (χ3n) is 3.14. The Morgan fingerprint density at radius 3 is 2.07 bits per heavy atom. The lowest BCUT2D eigenvalue weighted by atomic mass is 9.96. The Balaban J connectivity index is 1.93. The average molecular weight is 212 g/mol. The monoisotopic (exact) mass is 212 g/mol. The Morgan fingerprint density at radius 2 is 1.67 bits per heavy atom. The van der Waals surface area contributed by atoms with E-state index >= 15 is 0 Å². The highest BCUT2D eigenvalue weighted by Gasteiger charge is 2.38. The summed E-state index contributed by atoms with van der Waals surface area (Å²) in [5, 5.41) is 3.33. The standard InChI is InChI=1S/C12H24N2O/c1-11(2)8-14(7-10-5-13-6-10)9-12(3,4)15-11/h10,13H,5-9H2,1-4H3. The fourth-order valence-corrected chi connectivity index (χ4v) is 2.92. The number of ether oxygens (including phenoxy) is 1. The quantitative estimate of drug-likeness (QED) is 0.742. The van der Waals surface area contributed by atoms with Crippen LogP contribution in [0.5, 0.6) is 0 Å². The minimum Gasteiger partial charge on any atom is -0.367 e. The molecule has 2 heterocycles. The van der Waals surface area contributed by atoms with E-state index in [9.17, 15) is 0 Å². The fraction of sp³-hybridized carbons (Fsp3) is 1.00. The SMILES string of the molecule is CC1(C)CN(CC2CNC2)CC(C)(C)O1. The van der Waals surface area contributed by atoms with Crippen molar-refractivity contribution in [2.24, 2.45) is 5.92 Å². The molecule has 0 spiro atoms. The molecule has 2 aliphatic rings. The van der Waals surface area contributed by atoms with E-state index in [0.717, 1.165) is 19.0 Å². The summed E-state index contributed by atoms with van der Waals surface area (Å²) in [5.41, 5.74) is -0.00213. The number of hydrogen-bond acceptors (Lipinski definition) is 3. The van der Waals surface area contributed by atoms with Crippen LogP contribution in [0.4, 0.5) is 0 Å². The van der Waals surface area contributed by atoms with Gasteiger partial charge in [-0.05, 0) is 33.6 Å². The van der Waals surface area contributed by atoms with Crippen LogP contribution in [0.25, 0.3) is 0 Å². The molecule has 88 valence electrons. The van der Waals surface area contributed by atoms with Crippen LogP contribution >= 0.6 is 0 Å². The molecule has 2 saturated heterocycles. The van der Waals surface area contributed by atoms with Gasteiger partial charge in [-0.25, -0.2) is 0 Å². The maximum Gasteiger partial charge on any atom is 0.0760 e. The topological polar surface area (TPSA) is 24.5 Å². The largest absolute Gasteiger partial charge is 0.367 e. The average Bonchev–Trinajstić information content (AvgIpc) is 1.90. The molecule has 0 aromatic heterocycles. The van der Waals surface area contributed by atoms with E-state index < -0.39 is 0 Å². The van der Waals surface area contributed by atoms with E-state index in [4.69, 9.17) is 4.74 Å². The molecule has 3 nitrogen and oxygen atoms in total. The van der Waals surface area contributed by atoms with Crippen LogP contribution in [0, 0.1) is 5.92 Å². The number of nitrogens with zero attached hydrogens (tertiary/aromatic N) is 1. The molecule has 0 atom stereocenters. The molecule has 0 saturated carbocycles. The smallest absolute Gasteiger partial charge is 0.0760 e. The zero-order chi connectivity index (χ0) is 11.1. The molecular weight excluding hydrogens is 188 g/mol. The summed E-state index contributed by atoms with van der Waals surface area (Å²) in [4.78, 5) is 2.56. The first kappa shape index (κ1) is 11.4. The van der Waals surface area contributed by atoms with Crippen molar-refractivity contribution in [2.45, 2.75) is 38.9 Å². The first-order valence-electron chi connectivity index (χ1n) is 6.00. The molecule has 2 aliphatic heterocycles. The Labute approximate surface area is 93.2 Å². The van der Waals surface area contributed by atoms with Crippen molar-refractivity contribution in [3.05, 3.63) is 0 Å². The van der Waals surface area contributed by atoms with Crippen LogP contribution in [-0.4, -0.2) is 48.8 Å². The van der Waals surface area contributed by atoms with Gasteiger partial charge in [0.25, 0.3) is 0 Å². The molecule has 0 unspecified atom stereocenters. The Kier molecular flexibility index (Phi) is 2.82. The molecule has 0 aliphatic carbocycles. The lowest BCUT2D eigenvalue weighted by Gasteiger charge is -2.48. The van der Waals surface area contributed by atoms with E-state index in [1.807, 2.05) is 0 Å². The van der Waals surface area contributed by atoms with Gasteiger partial charge < -0.3 is 10.1 Å². The summed E-state index contributed by atoms with van der Waals surface area (Å²) in [6.45, 7) is 14.5. The summed E-state index contributed by atoms with van der Waals surface area (Å²) >= 11 is 0. The predicted octanol–water partition coefficient (Wildman–Crippen LogP) is 1.10. The predicted molar refractivity (Wildman–Crippen MR) is 62.0 cm³/mol. The van der Waals surface area contributed by atoms with Crippen molar-refractivity contribution in [3.63, 3.8) is 0 Å². The maximum atomic E-state index is 6.07. The first-order valence-corrected chi connectivity index (χ1v) is 6.00. The number of rotatable bonds is 2. The summed E-state index contributed by atoms with van der Waals surface area (Å²) in [6.07, 6.45) is 0. The highest BCUT2D eigenvalue weighted by Crippen LogP contribution is 2.28. The number of morpholine rings is 1. The molecular formula is C12H24N2O. The zero-order valence-electron chi connectivity index (χ0n) is 10.5. The summed E-state index contributed by atoms with van der Waals surface area (Å²) < 4.78 is 6.07. The van der Waals surface area contributed by atoms with E-state index in [1.54, 1.807) is 0 Å². The van der Waals surface area contributed by atoms with Crippen LogP contribution in [0.1, 0.15) is 27.7 Å². The second kappa shape index (κ2) is 3.72. The van der Waals surface area contributed by atoms with Gasteiger partial charge in [0.15, 0.2) is 0 Å². The van der Waals surface area contributed by atoms with E-state index in [2.05, 4.69) is 37.9 Å². The molecule has 15 heavy (non-hydrogen) atoms. The highest BCUT2D eigenvalue weighted by atomic mass is 16.5. The summed E-state index contributed by atoms with van der Waals surface area (Å²) in [5.74, 6) is 0.856. The Bertz CT molecular complexity index is 218. The molecule has 0 bridgehead atoms. The third kappa shape index (κ3) is 2.92. The van der Waals surface area contributed by atoms with Gasteiger partial charge in [-0.15, -0.1) is 0 Å². The van der Waals surface area contributed by atoms with Crippen molar-refractivity contribution in [1.82, 2.24) is 10.2 Å². The first-order chi connectivity index (χ1) is 6.86. The molecule has 0 aromatic rings. The minimum absolute atomic E-state index is 0.00107. The lowest BCUT2D eigenvalue weighted by Crippen LogP contribution is -2.60. The molecule has 2 rings (SSSR count). The second-order valence-electron chi connectivity index (χ2n) is 6.32. The molecule has 3 heteroatoms. The highest BCUT2D eigenvalue weighted by molar-refractivity contribution is 4.91. The van der Waals surface area contributed by atoms with Crippen LogP contribution in [0.15, 0.2) is 0 Å². The Morgan fingerprint density at radius 1 is 1.13 bits per heavy atom. The molecule has 1 N–H and O–H groups in total. The fourth-order valence-electron chi connectivity index (χ4n) is 2.92. The van der Waals surface area contributed by atoms with E-state index in [1.165, 1.54) is 19.6 Å². The second-order valence-corrected chi connectivity index (χ2v) is 6.32. The molecule has 0 radical (unpaired) electrons. The summed E-state index contributed by atoms with van der Waals surface area (Å²) in [6, 6.07) is 0. The van der Waals surface area contributed by atoms with Gasteiger partial charge in [0.05, 0.1) is 11.2 Å². The van der Waals surface area contributed by atoms with Gasteiger partial charge >= 0.3 is 0 Å². The van der Waals surface area contributed by atoms with Gasteiger partial charge in [0, 0.05) is 32.7 Å². The zero-order valence-corrected chi connectivity index (χ0v) is 10.5. The van der Waals surface area contributed by atoms with Crippen LogP contribution in [-0.2, 0) is 4.74 Å². The van der Waals surface area contributed by atoms with Crippen molar-refractivity contribution < 1.29 is 4.74 Å². The molecule has 2 fully saturated rings. The van der Waals surface area contributed by atoms with Crippen LogP contribution in [0.2, 0.25) is 0 Å². The number of hydrogen-bond donors (Lipinski definition) is 1. The van der Waals surface area contributed by atoms with Gasteiger partial charge in [0.2, 0.25) is 0 Å². The van der Waals surface area contributed by atoms with Crippen molar-refractivity contribution in [1.29, 1.82) is 0 Å². The minimum atomic E-state index is -0.00107. The van der Waals surface area contributed by atoms with Crippen LogP contribution < -0.4 is 5.32 Å². The third-order valence-corrected chi connectivity index (χ3v) is 3.14. The van der Waals surface area contributed by atoms with Gasteiger partial charge in [0.1, 0.15) is 0 Å². The summed E-state index contributed by atoms with van der Waals surface area (Å²) in [7, 11) is 0. The molecule has 0 amide bonds.